The van der Waals surface area contributed by atoms with Gasteiger partial charge in [0.15, 0.2) is 15.8 Å². The lowest BCUT2D eigenvalue weighted by Gasteiger charge is -2.13. The Bertz CT molecular complexity index is 871. The minimum atomic E-state index is -3.20. The quantitative estimate of drug-likeness (QED) is 0.281. The first-order chi connectivity index (χ1) is 11.8. The average molecular weight is 509 g/mol. The summed E-state index contributed by atoms with van der Waals surface area (Å²) >= 11 is 5.77. The van der Waals surface area contributed by atoms with Crippen LogP contribution in [0.4, 0.5) is 0 Å². The highest BCUT2D eigenvalue weighted by Crippen LogP contribution is 2.16. The van der Waals surface area contributed by atoms with E-state index in [1.54, 1.807) is 38.4 Å². The summed E-state index contributed by atoms with van der Waals surface area (Å²) in [5, 5.41) is 6.84. The predicted molar refractivity (Wildman–Crippen MR) is 116 cm³/mol. The fourth-order valence-corrected chi connectivity index (χ4v) is 3.41. The monoisotopic (exact) mass is 508 g/mol. The van der Waals surface area contributed by atoms with Crippen LogP contribution in [0.1, 0.15) is 16.7 Å². The van der Waals surface area contributed by atoms with Crippen LogP contribution in [0.5, 0.6) is 0 Å². The first-order valence-corrected chi connectivity index (χ1v) is 9.91. The topological polar surface area (TPSA) is 83.4 Å². The highest BCUT2D eigenvalue weighted by Gasteiger charge is 2.10. The van der Waals surface area contributed by atoms with Crippen molar-refractivity contribution in [3.63, 3.8) is 0 Å². The SMILES string of the molecule is CN=C(NCc1ccc(Cl)nc1)NCc1ccc(S(C)(=O)=O)c(C)c1.I. The van der Waals surface area contributed by atoms with E-state index in [4.69, 9.17) is 11.6 Å². The second-order valence-electron chi connectivity index (χ2n) is 5.64. The van der Waals surface area contributed by atoms with Gasteiger partial charge in [0.1, 0.15) is 5.15 Å². The number of aryl methyl sites for hydroxylation is 1. The van der Waals surface area contributed by atoms with Crippen molar-refractivity contribution in [1.82, 2.24) is 15.6 Å². The van der Waals surface area contributed by atoms with Crippen LogP contribution in [0.2, 0.25) is 5.15 Å². The Balaban J connectivity index is 0.00000338. The zero-order valence-corrected chi connectivity index (χ0v) is 18.7. The number of nitrogens with zero attached hydrogens (tertiary/aromatic N) is 2. The number of aliphatic imine (C=N–C) groups is 1. The van der Waals surface area contributed by atoms with Gasteiger partial charge in [-0.25, -0.2) is 13.4 Å². The van der Waals surface area contributed by atoms with Gasteiger partial charge in [0, 0.05) is 32.6 Å². The molecule has 0 aliphatic carbocycles. The highest BCUT2D eigenvalue weighted by molar-refractivity contribution is 14.0. The summed E-state index contributed by atoms with van der Waals surface area (Å²) in [6.07, 6.45) is 2.92. The summed E-state index contributed by atoms with van der Waals surface area (Å²) in [5.74, 6) is 0.639. The molecule has 0 spiro atoms. The number of hydrogen-bond acceptors (Lipinski definition) is 4. The maximum atomic E-state index is 11.7. The van der Waals surface area contributed by atoms with Crippen molar-refractivity contribution in [2.24, 2.45) is 4.99 Å². The third-order valence-electron chi connectivity index (χ3n) is 3.57. The molecule has 0 aliphatic rings. The molecule has 0 bridgehead atoms. The molecule has 0 amide bonds. The molecule has 142 valence electrons. The van der Waals surface area contributed by atoms with Gasteiger partial charge < -0.3 is 10.6 Å². The van der Waals surface area contributed by atoms with Gasteiger partial charge in [0.2, 0.25) is 0 Å². The molecule has 26 heavy (non-hydrogen) atoms. The number of aromatic nitrogens is 1. The van der Waals surface area contributed by atoms with Crippen LogP contribution < -0.4 is 10.6 Å². The Labute approximate surface area is 176 Å². The van der Waals surface area contributed by atoms with E-state index in [1.165, 1.54) is 6.26 Å². The maximum absolute atomic E-state index is 11.7. The number of pyridine rings is 1. The fraction of sp³-hybridized carbons (Fsp3) is 0.294. The van der Waals surface area contributed by atoms with Gasteiger partial charge in [-0.1, -0.05) is 29.8 Å². The number of guanidine groups is 1. The van der Waals surface area contributed by atoms with Gasteiger partial charge in [-0.2, -0.15) is 0 Å². The van der Waals surface area contributed by atoms with Gasteiger partial charge in [-0.05, 0) is 35.7 Å². The molecular weight excluding hydrogens is 487 g/mol. The van der Waals surface area contributed by atoms with Crippen LogP contribution in [-0.2, 0) is 22.9 Å². The summed E-state index contributed by atoms with van der Waals surface area (Å²) in [7, 11) is -1.51. The normalized spacial score (nSPS) is 11.6. The summed E-state index contributed by atoms with van der Waals surface area (Å²) < 4.78 is 23.3. The van der Waals surface area contributed by atoms with Crippen molar-refractivity contribution < 1.29 is 8.42 Å². The van der Waals surface area contributed by atoms with Gasteiger partial charge in [0.05, 0.1) is 4.90 Å². The van der Waals surface area contributed by atoms with Crippen LogP contribution in [0.25, 0.3) is 0 Å². The molecule has 2 N–H and O–H groups in total. The zero-order valence-electron chi connectivity index (χ0n) is 14.8. The molecule has 0 fully saturated rings. The molecule has 2 aromatic rings. The van der Waals surface area contributed by atoms with Crippen LogP contribution >= 0.6 is 35.6 Å². The van der Waals surface area contributed by atoms with Crippen LogP contribution in [0.15, 0.2) is 46.4 Å². The Kier molecular flexibility index (Phi) is 8.78. The summed E-state index contributed by atoms with van der Waals surface area (Å²) in [6, 6.07) is 8.92. The Morgan fingerprint density at radius 3 is 2.27 bits per heavy atom. The lowest BCUT2D eigenvalue weighted by atomic mass is 10.1. The van der Waals surface area contributed by atoms with Gasteiger partial charge in [0.25, 0.3) is 0 Å². The second-order valence-corrected chi connectivity index (χ2v) is 8.01. The number of sulfone groups is 1. The van der Waals surface area contributed by atoms with Crippen LogP contribution in [-0.4, -0.2) is 32.7 Å². The molecule has 0 aliphatic heterocycles. The van der Waals surface area contributed by atoms with Gasteiger partial charge >= 0.3 is 0 Å². The molecule has 0 saturated carbocycles. The van der Waals surface area contributed by atoms with E-state index in [1.807, 2.05) is 12.1 Å². The van der Waals surface area contributed by atoms with Crippen molar-refractivity contribution in [2.75, 3.05) is 13.3 Å². The van der Waals surface area contributed by atoms with E-state index in [0.717, 1.165) is 16.7 Å². The Morgan fingerprint density at radius 2 is 1.77 bits per heavy atom. The molecular formula is C17H22ClIN4O2S. The first kappa shape index (κ1) is 22.7. The van der Waals surface area contributed by atoms with Crippen LogP contribution in [0, 0.1) is 6.92 Å². The van der Waals surface area contributed by atoms with Crippen LogP contribution in [0.3, 0.4) is 0 Å². The van der Waals surface area contributed by atoms with Gasteiger partial charge in [-0.3, -0.25) is 4.99 Å². The number of hydrogen-bond donors (Lipinski definition) is 2. The van der Waals surface area contributed by atoms with Crippen molar-refractivity contribution in [3.05, 3.63) is 58.4 Å². The molecule has 9 heteroatoms. The van der Waals surface area contributed by atoms with E-state index < -0.39 is 9.84 Å². The average Bonchev–Trinajstić information content (AvgIpc) is 2.55. The molecule has 2 rings (SSSR count). The van der Waals surface area contributed by atoms with E-state index in [2.05, 4.69) is 20.6 Å². The van der Waals surface area contributed by atoms with E-state index in [9.17, 15) is 8.42 Å². The number of benzene rings is 1. The largest absolute Gasteiger partial charge is 0.352 e. The molecule has 6 nitrogen and oxygen atoms in total. The second kappa shape index (κ2) is 10.1. The Morgan fingerprint density at radius 1 is 1.15 bits per heavy atom. The van der Waals surface area contributed by atoms with Crippen molar-refractivity contribution in [2.45, 2.75) is 24.9 Å². The van der Waals surface area contributed by atoms with Crippen molar-refractivity contribution >= 4 is 51.4 Å². The number of nitrogens with one attached hydrogen (secondary N) is 2. The van der Waals surface area contributed by atoms with Crippen molar-refractivity contribution in [3.8, 4) is 0 Å². The molecule has 0 saturated heterocycles. The fourth-order valence-electron chi connectivity index (χ4n) is 2.34. The summed E-state index contributed by atoms with van der Waals surface area (Å²) in [6.45, 7) is 2.89. The van der Waals surface area contributed by atoms with E-state index in [0.29, 0.717) is 29.1 Å². The van der Waals surface area contributed by atoms with E-state index >= 15 is 0 Å². The lowest BCUT2D eigenvalue weighted by molar-refractivity contribution is 0.601. The Hall–Kier alpha value is -1.39. The first-order valence-electron chi connectivity index (χ1n) is 7.64. The highest BCUT2D eigenvalue weighted by atomic mass is 127. The number of rotatable bonds is 5. The van der Waals surface area contributed by atoms with E-state index in [-0.39, 0.29) is 24.0 Å². The molecule has 1 heterocycles. The molecule has 1 aromatic carbocycles. The summed E-state index contributed by atoms with van der Waals surface area (Å²) in [5.41, 5.74) is 2.69. The molecule has 0 atom stereocenters. The third kappa shape index (κ3) is 6.73. The standard InChI is InChI=1S/C17H21ClN4O2S.HI/c1-12-8-13(4-6-15(12)25(3,23)24)9-21-17(19-2)22-11-14-5-7-16(18)20-10-14;/h4-8,10H,9,11H2,1-3H3,(H2,19,21,22);1H. The number of halogens is 2. The van der Waals surface area contributed by atoms with Gasteiger partial charge in [-0.15, -0.1) is 24.0 Å². The minimum absolute atomic E-state index is 0. The lowest BCUT2D eigenvalue weighted by Crippen LogP contribution is -2.36. The molecule has 0 radical (unpaired) electrons. The zero-order chi connectivity index (χ0) is 18.4. The minimum Gasteiger partial charge on any atom is -0.352 e. The molecule has 0 unspecified atom stereocenters. The third-order valence-corrected chi connectivity index (χ3v) is 5.05. The smallest absolute Gasteiger partial charge is 0.191 e. The molecule has 1 aromatic heterocycles. The summed E-state index contributed by atoms with van der Waals surface area (Å²) in [4.78, 5) is 8.55. The predicted octanol–water partition coefficient (Wildman–Crippen LogP) is 2.93. The van der Waals surface area contributed by atoms with Crippen molar-refractivity contribution in [1.29, 1.82) is 0 Å². The maximum Gasteiger partial charge on any atom is 0.191 e.